The first-order valence-electron chi connectivity index (χ1n) is 7.44. The number of rotatable bonds is 4. The summed E-state index contributed by atoms with van der Waals surface area (Å²) in [4.78, 5) is 31.5. The molecule has 0 radical (unpaired) electrons. The fourth-order valence-electron chi connectivity index (χ4n) is 2.55. The first-order valence-corrected chi connectivity index (χ1v) is 7.44. The average Bonchev–Trinajstić information content (AvgIpc) is 2.60. The van der Waals surface area contributed by atoms with Gasteiger partial charge in [-0.15, -0.1) is 0 Å². The van der Waals surface area contributed by atoms with Crippen LogP contribution in [0.2, 0.25) is 0 Å². The number of nitrogens with one attached hydrogen (secondary N) is 1. The highest BCUT2D eigenvalue weighted by molar-refractivity contribution is 6.09. The molecule has 5 nitrogen and oxygen atoms in total. The number of fused-ring (bicyclic) bond motifs is 1. The maximum absolute atomic E-state index is 12.5. The van der Waals surface area contributed by atoms with Crippen molar-refractivity contribution in [2.75, 3.05) is 7.11 Å². The van der Waals surface area contributed by atoms with E-state index in [1.165, 1.54) is 6.08 Å². The van der Waals surface area contributed by atoms with Crippen molar-refractivity contribution in [3.05, 3.63) is 75.7 Å². The maximum Gasteiger partial charge on any atom is 0.261 e. The molecule has 3 aromatic rings. The number of H-pyrrole nitrogens is 1. The summed E-state index contributed by atoms with van der Waals surface area (Å²) in [5.41, 5.74) is 1.67. The molecular weight excluding hydrogens is 304 g/mol. The number of benzene rings is 1. The summed E-state index contributed by atoms with van der Waals surface area (Å²) in [6, 6.07) is 10.9. The molecule has 3 rings (SSSR count). The number of nitrogens with zero attached hydrogens (tertiary/aromatic N) is 1. The van der Waals surface area contributed by atoms with E-state index in [-0.39, 0.29) is 11.3 Å². The first-order chi connectivity index (χ1) is 11.6. The largest absolute Gasteiger partial charge is 0.497 e. The molecule has 0 saturated heterocycles. The monoisotopic (exact) mass is 320 g/mol. The molecule has 0 bridgehead atoms. The number of aryl methyl sites for hydroxylation is 1. The Labute approximate surface area is 138 Å². The topological polar surface area (TPSA) is 72.0 Å². The summed E-state index contributed by atoms with van der Waals surface area (Å²) < 4.78 is 5.09. The summed E-state index contributed by atoms with van der Waals surface area (Å²) in [6.07, 6.45) is 4.68. The maximum atomic E-state index is 12.5. The number of hydrogen-bond acceptors (Lipinski definition) is 4. The number of ketones is 1. The van der Waals surface area contributed by atoms with Gasteiger partial charge in [0.1, 0.15) is 11.4 Å². The smallest absolute Gasteiger partial charge is 0.261 e. The lowest BCUT2D eigenvalue weighted by Gasteiger charge is -2.05. The van der Waals surface area contributed by atoms with Gasteiger partial charge in [0.2, 0.25) is 0 Å². The molecule has 0 aliphatic carbocycles. The standard InChI is InChI=1S/C19H16N2O3/c1-12-15-4-3-11-20-18(15)21-19(23)17(12)16(22)10-7-13-5-8-14(24-2)9-6-13/h3-11H,1-2H3,(H,20,21,23). The molecule has 0 aliphatic heterocycles. The van der Waals surface area contributed by atoms with Gasteiger partial charge in [0, 0.05) is 11.6 Å². The van der Waals surface area contributed by atoms with Gasteiger partial charge in [-0.1, -0.05) is 18.2 Å². The van der Waals surface area contributed by atoms with Crippen LogP contribution in [-0.4, -0.2) is 22.9 Å². The quantitative estimate of drug-likeness (QED) is 0.592. The highest BCUT2D eigenvalue weighted by Crippen LogP contribution is 2.17. The van der Waals surface area contributed by atoms with Gasteiger partial charge in [0.15, 0.2) is 5.78 Å². The molecule has 0 spiro atoms. The van der Waals surface area contributed by atoms with E-state index < -0.39 is 5.56 Å². The Morgan fingerprint density at radius 3 is 2.67 bits per heavy atom. The Bertz CT molecular complexity index is 986. The van der Waals surface area contributed by atoms with Crippen molar-refractivity contribution in [3.8, 4) is 5.75 Å². The van der Waals surface area contributed by atoms with Crippen LogP contribution in [-0.2, 0) is 0 Å². The number of pyridine rings is 2. The normalized spacial score (nSPS) is 11.1. The zero-order chi connectivity index (χ0) is 17.1. The molecule has 0 fully saturated rings. The highest BCUT2D eigenvalue weighted by atomic mass is 16.5. The van der Waals surface area contributed by atoms with Crippen LogP contribution >= 0.6 is 0 Å². The van der Waals surface area contributed by atoms with Gasteiger partial charge in [0.25, 0.3) is 5.56 Å². The third-order valence-corrected chi connectivity index (χ3v) is 3.84. The molecule has 24 heavy (non-hydrogen) atoms. The third-order valence-electron chi connectivity index (χ3n) is 3.84. The summed E-state index contributed by atoms with van der Waals surface area (Å²) in [7, 11) is 1.60. The number of hydrogen-bond donors (Lipinski definition) is 1. The van der Waals surface area contributed by atoms with Gasteiger partial charge in [-0.3, -0.25) is 9.59 Å². The summed E-state index contributed by atoms with van der Waals surface area (Å²) in [5, 5.41) is 0.762. The Kier molecular flexibility index (Phi) is 4.24. The summed E-state index contributed by atoms with van der Waals surface area (Å²) >= 11 is 0. The second kappa shape index (κ2) is 6.50. The molecule has 2 aromatic heterocycles. The van der Waals surface area contributed by atoms with Crippen LogP contribution in [0.5, 0.6) is 5.75 Å². The number of allylic oxidation sites excluding steroid dienone is 1. The minimum atomic E-state index is -0.428. The van der Waals surface area contributed by atoms with E-state index in [2.05, 4.69) is 9.97 Å². The Hall–Kier alpha value is -3.21. The Morgan fingerprint density at radius 2 is 1.96 bits per heavy atom. The average molecular weight is 320 g/mol. The Balaban J connectivity index is 1.96. The van der Waals surface area contributed by atoms with E-state index in [4.69, 9.17) is 4.74 Å². The molecule has 1 N–H and O–H groups in total. The van der Waals surface area contributed by atoms with Crippen molar-refractivity contribution in [3.63, 3.8) is 0 Å². The zero-order valence-electron chi connectivity index (χ0n) is 13.4. The number of carbonyl (C=O) groups excluding carboxylic acids is 1. The molecule has 120 valence electrons. The van der Waals surface area contributed by atoms with Crippen molar-refractivity contribution < 1.29 is 9.53 Å². The first kappa shape index (κ1) is 15.7. The molecule has 0 atom stereocenters. The second-order valence-electron chi connectivity index (χ2n) is 5.32. The summed E-state index contributed by atoms with van der Waals surface area (Å²) in [5.74, 6) is 0.406. The molecule has 0 aliphatic rings. The van der Waals surface area contributed by atoms with Gasteiger partial charge in [-0.05, 0) is 48.4 Å². The lowest BCUT2D eigenvalue weighted by molar-refractivity contribution is 0.104. The number of carbonyl (C=O) groups is 1. The molecule has 1 aromatic carbocycles. The summed E-state index contributed by atoms with van der Waals surface area (Å²) in [6.45, 7) is 1.76. The number of aromatic nitrogens is 2. The van der Waals surface area contributed by atoms with Gasteiger partial charge in [-0.2, -0.15) is 0 Å². The molecule has 0 saturated carbocycles. The van der Waals surface area contributed by atoms with Crippen LogP contribution < -0.4 is 10.3 Å². The second-order valence-corrected chi connectivity index (χ2v) is 5.32. The van der Waals surface area contributed by atoms with Crippen LogP contribution in [0.15, 0.2) is 53.5 Å². The van der Waals surface area contributed by atoms with Crippen LogP contribution in [0.25, 0.3) is 17.1 Å². The third kappa shape index (κ3) is 2.96. The van der Waals surface area contributed by atoms with Gasteiger partial charge in [0.05, 0.1) is 12.7 Å². The zero-order valence-corrected chi connectivity index (χ0v) is 13.4. The fourth-order valence-corrected chi connectivity index (χ4v) is 2.55. The molecule has 0 unspecified atom stereocenters. The van der Waals surface area contributed by atoms with Crippen LogP contribution in [0.4, 0.5) is 0 Å². The van der Waals surface area contributed by atoms with Crippen molar-refractivity contribution in [2.45, 2.75) is 6.92 Å². The van der Waals surface area contributed by atoms with Gasteiger partial charge < -0.3 is 9.72 Å². The van der Waals surface area contributed by atoms with E-state index in [0.29, 0.717) is 11.2 Å². The predicted molar refractivity (Wildman–Crippen MR) is 93.5 cm³/mol. The van der Waals surface area contributed by atoms with E-state index in [1.54, 1.807) is 32.4 Å². The van der Waals surface area contributed by atoms with E-state index in [1.807, 2.05) is 30.3 Å². The number of ether oxygens (including phenoxy) is 1. The predicted octanol–water partition coefficient (Wildman–Crippen LogP) is 3.14. The molecule has 0 amide bonds. The van der Waals surface area contributed by atoms with E-state index in [9.17, 15) is 9.59 Å². The molecule has 2 heterocycles. The van der Waals surface area contributed by atoms with Gasteiger partial charge in [-0.25, -0.2) is 4.98 Å². The van der Waals surface area contributed by atoms with Crippen LogP contribution in [0.3, 0.4) is 0 Å². The minimum Gasteiger partial charge on any atom is -0.497 e. The highest BCUT2D eigenvalue weighted by Gasteiger charge is 2.14. The lowest BCUT2D eigenvalue weighted by atomic mass is 10.0. The minimum absolute atomic E-state index is 0.139. The fraction of sp³-hybridized carbons (Fsp3) is 0.105. The van der Waals surface area contributed by atoms with Crippen molar-refractivity contribution >= 4 is 22.9 Å². The van der Waals surface area contributed by atoms with Gasteiger partial charge >= 0.3 is 0 Å². The SMILES string of the molecule is COc1ccc(C=CC(=O)c2c(C)c3cccnc3[nH]c2=O)cc1. The Morgan fingerprint density at radius 1 is 1.21 bits per heavy atom. The number of aromatic amines is 1. The van der Waals surface area contributed by atoms with Crippen molar-refractivity contribution in [1.29, 1.82) is 0 Å². The molecule has 5 heteroatoms. The lowest BCUT2D eigenvalue weighted by Crippen LogP contribution is -2.19. The van der Waals surface area contributed by atoms with E-state index >= 15 is 0 Å². The van der Waals surface area contributed by atoms with Crippen LogP contribution in [0.1, 0.15) is 21.5 Å². The molecular formula is C19H16N2O3. The van der Waals surface area contributed by atoms with Crippen molar-refractivity contribution in [1.82, 2.24) is 9.97 Å². The van der Waals surface area contributed by atoms with Crippen molar-refractivity contribution in [2.24, 2.45) is 0 Å². The number of methoxy groups -OCH3 is 1. The van der Waals surface area contributed by atoms with Crippen LogP contribution in [0, 0.1) is 6.92 Å². The van der Waals surface area contributed by atoms with E-state index in [0.717, 1.165) is 16.7 Å².